The van der Waals surface area contributed by atoms with Gasteiger partial charge in [-0.25, -0.2) is 13.6 Å². The lowest BCUT2D eigenvalue weighted by Crippen LogP contribution is -2.29. The van der Waals surface area contributed by atoms with Crippen LogP contribution < -0.4 is 10.5 Å². The number of methoxy groups -OCH3 is 1. The zero-order valence-corrected chi connectivity index (χ0v) is 13.5. The highest BCUT2D eigenvalue weighted by atomic mass is 19.3. The quantitative estimate of drug-likeness (QED) is 0.840. The minimum atomic E-state index is -2.57. The number of aromatic nitrogens is 2. The van der Waals surface area contributed by atoms with Crippen LogP contribution in [0.5, 0.6) is 5.75 Å². The van der Waals surface area contributed by atoms with Gasteiger partial charge in [-0.3, -0.25) is 9.09 Å². The van der Waals surface area contributed by atoms with E-state index in [1.54, 1.807) is 7.11 Å². The number of ether oxygens (including phenoxy) is 1. The molecule has 3 rings (SSSR count). The Bertz CT molecular complexity index is 727. The number of rotatable bonds is 5. The van der Waals surface area contributed by atoms with Crippen LogP contribution in [0.25, 0.3) is 0 Å². The maximum absolute atomic E-state index is 13.3. The zero-order chi connectivity index (χ0) is 17.2. The Kier molecular flexibility index (Phi) is 4.69. The van der Waals surface area contributed by atoms with Gasteiger partial charge >= 0.3 is 5.76 Å². The Morgan fingerprint density at radius 3 is 2.58 bits per heavy atom. The maximum Gasteiger partial charge on any atom is 0.441 e. The second kappa shape index (κ2) is 6.75. The fraction of sp³-hybridized carbons (Fsp3) is 0.529. The molecule has 0 saturated heterocycles. The summed E-state index contributed by atoms with van der Waals surface area (Å²) in [6, 6.07) is 7.45. The van der Waals surface area contributed by atoms with E-state index in [1.807, 2.05) is 24.3 Å². The Balaban J connectivity index is 1.70. The van der Waals surface area contributed by atoms with Crippen LogP contribution in [0.1, 0.15) is 37.1 Å². The fourth-order valence-electron chi connectivity index (χ4n) is 3.07. The van der Waals surface area contributed by atoms with E-state index in [9.17, 15) is 13.6 Å². The van der Waals surface area contributed by atoms with Crippen molar-refractivity contribution in [3.63, 3.8) is 0 Å². The van der Waals surface area contributed by atoms with E-state index in [4.69, 9.17) is 9.26 Å². The van der Waals surface area contributed by atoms with Crippen LogP contribution in [0.4, 0.5) is 8.78 Å². The van der Waals surface area contributed by atoms with Gasteiger partial charge in [0.1, 0.15) is 5.75 Å². The molecule has 0 spiro atoms. The summed E-state index contributed by atoms with van der Waals surface area (Å²) in [5.41, 5.74) is 0.966. The van der Waals surface area contributed by atoms with E-state index in [0.717, 1.165) is 11.3 Å². The molecule has 2 aromatic rings. The van der Waals surface area contributed by atoms with Crippen molar-refractivity contribution in [1.29, 1.82) is 0 Å². The molecule has 1 fully saturated rings. The van der Waals surface area contributed by atoms with Gasteiger partial charge in [0.15, 0.2) is 5.82 Å². The summed E-state index contributed by atoms with van der Waals surface area (Å²) in [4.78, 5) is 11.9. The second-order valence-corrected chi connectivity index (χ2v) is 6.30. The highest BCUT2D eigenvalue weighted by Crippen LogP contribution is 2.36. The van der Waals surface area contributed by atoms with Gasteiger partial charge < -0.3 is 4.74 Å². The molecule has 0 unspecified atom stereocenters. The van der Waals surface area contributed by atoms with Crippen LogP contribution in [0.2, 0.25) is 0 Å². The summed E-state index contributed by atoms with van der Waals surface area (Å²) in [6.07, 6.45) is 1.02. The number of halogens is 2. The van der Waals surface area contributed by atoms with Gasteiger partial charge in [0, 0.05) is 25.8 Å². The molecule has 5 nitrogen and oxygen atoms in total. The highest BCUT2D eigenvalue weighted by molar-refractivity contribution is 5.28. The Hall–Kier alpha value is -2.18. The molecule has 0 N–H and O–H groups in total. The predicted molar refractivity (Wildman–Crippen MR) is 83.5 cm³/mol. The summed E-state index contributed by atoms with van der Waals surface area (Å²) >= 11 is 0. The fourth-order valence-corrected chi connectivity index (χ4v) is 3.07. The van der Waals surface area contributed by atoms with E-state index < -0.39 is 11.7 Å². The number of nitrogens with zero attached hydrogens (tertiary/aromatic N) is 2. The molecule has 24 heavy (non-hydrogen) atoms. The Morgan fingerprint density at radius 1 is 1.29 bits per heavy atom. The van der Waals surface area contributed by atoms with Crippen molar-refractivity contribution < 1.29 is 18.0 Å². The third-order valence-electron chi connectivity index (χ3n) is 4.56. The molecular weight excluding hydrogens is 318 g/mol. The van der Waals surface area contributed by atoms with E-state index >= 15 is 0 Å². The summed E-state index contributed by atoms with van der Waals surface area (Å²) in [5, 5.41) is 3.84. The molecular formula is C17H20F2N2O3. The molecule has 1 heterocycles. The van der Waals surface area contributed by atoms with Crippen LogP contribution in [0, 0.1) is 5.92 Å². The minimum absolute atomic E-state index is 0.0522. The standard InChI is InChI=1S/C17H20F2N2O3/c1-23-14-4-2-12(3-5-14)10-15-20-24-16(22)21(15)11-13-6-8-17(18,19)9-7-13/h2-5,13H,6-11H2,1H3. The average Bonchev–Trinajstić information content (AvgIpc) is 2.90. The van der Waals surface area contributed by atoms with Crippen molar-refractivity contribution in [2.75, 3.05) is 7.11 Å². The van der Waals surface area contributed by atoms with Crippen LogP contribution in [0.15, 0.2) is 33.6 Å². The van der Waals surface area contributed by atoms with E-state index in [0.29, 0.717) is 31.6 Å². The first kappa shape index (κ1) is 16.7. The van der Waals surface area contributed by atoms with E-state index in [1.165, 1.54) is 4.57 Å². The van der Waals surface area contributed by atoms with Crippen molar-refractivity contribution >= 4 is 0 Å². The van der Waals surface area contributed by atoms with Crippen LogP contribution >= 0.6 is 0 Å². The van der Waals surface area contributed by atoms with Gasteiger partial charge in [-0.2, -0.15) is 0 Å². The number of alkyl halides is 2. The van der Waals surface area contributed by atoms with Gasteiger partial charge in [0.05, 0.1) is 7.11 Å². The first-order valence-electron chi connectivity index (χ1n) is 8.03. The molecule has 0 aliphatic heterocycles. The molecule has 0 amide bonds. The molecule has 0 radical (unpaired) electrons. The summed E-state index contributed by atoms with van der Waals surface area (Å²) in [5.74, 6) is -1.78. The highest BCUT2D eigenvalue weighted by Gasteiger charge is 2.35. The first-order valence-corrected chi connectivity index (χ1v) is 8.03. The van der Waals surface area contributed by atoms with Gasteiger partial charge in [-0.1, -0.05) is 17.3 Å². The average molecular weight is 338 g/mol. The summed E-state index contributed by atoms with van der Waals surface area (Å²) < 4.78 is 37.9. The number of benzene rings is 1. The van der Waals surface area contributed by atoms with Crippen molar-refractivity contribution in [3.05, 3.63) is 46.2 Å². The maximum atomic E-state index is 13.3. The number of hydrogen-bond acceptors (Lipinski definition) is 4. The second-order valence-electron chi connectivity index (χ2n) is 6.30. The van der Waals surface area contributed by atoms with Gasteiger partial charge in [-0.05, 0) is 36.5 Å². The molecule has 130 valence electrons. The first-order chi connectivity index (χ1) is 11.5. The summed E-state index contributed by atoms with van der Waals surface area (Å²) in [7, 11) is 1.60. The van der Waals surface area contributed by atoms with Crippen LogP contribution in [-0.2, 0) is 13.0 Å². The lowest BCUT2D eigenvalue weighted by Gasteiger charge is -2.28. The van der Waals surface area contributed by atoms with Gasteiger partial charge in [0.2, 0.25) is 5.92 Å². The van der Waals surface area contributed by atoms with E-state index in [2.05, 4.69) is 5.16 Å². The monoisotopic (exact) mass is 338 g/mol. The van der Waals surface area contributed by atoms with Crippen LogP contribution in [0.3, 0.4) is 0 Å². The molecule has 1 aliphatic carbocycles. The normalized spacial score (nSPS) is 17.8. The van der Waals surface area contributed by atoms with Crippen molar-refractivity contribution in [1.82, 2.24) is 9.72 Å². The predicted octanol–water partition coefficient (Wildman–Crippen LogP) is 3.26. The Morgan fingerprint density at radius 2 is 1.96 bits per heavy atom. The molecule has 1 aliphatic rings. The summed E-state index contributed by atoms with van der Waals surface area (Å²) in [6.45, 7) is 0.379. The topological polar surface area (TPSA) is 57.3 Å². The third-order valence-corrected chi connectivity index (χ3v) is 4.56. The van der Waals surface area contributed by atoms with Crippen LogP contribution in [-0.4, -0.2) is 22.8 Å². The molecule has 0 atom stereocenters. The zero-order valence-electron chi connectivity index (χ0n) is 13.5. The van der Waals surface area contributed by atoms with Crippen molar-refractivity contribution in [2.45, 2.75) is 44.6 Å². The lowest BCUT2D eigenvalue weighted by molar-refractivity contribution is -0.0475. The molecule has 0 bridgehead atoms. The van der Waals surface area contributed by atoms with Gasteiger partial charge in [-0.15, -0.1) is 0 Å². The minimum Gasteiger partial charge on any atom is -0.497 e. The third kappa shape index (κ3) is 3.83. The number of hydrogen-bond donors (Lipinski definition) is 0. The molecule has 7 heteroatoms. The van der Waals surface area contributed by atoms with Gasteiger partial charge in [0.25, 0.3) is 0 Å². The molecule has 1 saturated carbocycles. The van der Waals surface area contributed by atoms with Crippen molar-refractivity contribution in [3.8, 4) is 5.75 Å². The lowest BCUT2D eigenvalue weighted by atomic mass is 9.86. The van der Waals surface area contributed by atoms with E-state index in [-0.39, 0.29) is 18.8 Å². The largest absolute Gasteiger partial charge is 0.497 e. The Labute approximate surface area is 138 Å². The SMILES string of the molecule is COc1ccc(Cc2noc(=O)n2CC2CCC(F)(F)CC2)cc1. The van der Waals surface area contributed by atoms with Crippen molar-refractivity contribution in [2.24, 2.45) is 5.92 Å². The molecule has 1 aromatic carbocycles. The smallest absolute Gasteiger partial charge is 0.441 e. The molecule has 1 aromatic heterocycles.